The van der Waals surface area contributed by atoms with E-state index in [9.17, 15) is 18.0 Å². The Labute approximate surface area is 204 Å². The summed E-state index contributed by atoms with van der Waals surface area (Å²) < 4.78 is 40.6. The fraction of sp³-hybridized carbons (Fsp3) is 0.640. The molecule has 1 fully saturated rings. The molecular formula is C25H34ClF3N4O. The molecule has 0 radical (unpaired) electrons. The SMILES string of the molecule is CCc1cc(C[C@@H](C)C(F)(F)F)ncc1-c1c(Cl)c(C(=O)NCC2CCC(C)CC2)nn1CC. The van der Waals surface area contributed by atoms with Gasteiger partial charge in [-0.05, 0) is 49.7 Å². The summed E-state index contributed by atoms with van der Waals surface area (Å²) >= 11 is 6.67. The molecule has 1 atom stereocenters. The molecule has 0 aliphatic heterocycles. The fourth-order valence-electron chi connectivity index (χ4n) is 4.52. The van der Waals surface area contributed by atoms with Crippen LogP contribution in [-0.2, 0) is 19.4 Å². The summed E-state index contributed by atoms with van der Waals surface area (Å²) in [5, 5.41) is 7.69. The van der Waals surface area contributed by atoms with Crippen molar-refractivity contribution in [3.8, 4) is 11.3 Å². The highest BCUT2D eigenvalue weighted by atomic mass is 35.5. The Hall–Kier alpha value is -2.09. The molecule has 2 aromatic rings. The van der Waals surface area contributed by atoms with Crippen molar-refractivity contribution in [1.82, 2.24) is 20.1 Å². The summed E-state index contributed by atoms with van der Waals surface area (Å²) in [6.45, 7) is 8.33. The van der Waals surface area contributed by atoms with Crippen LogP contribution in [0.1, 0.15) is 75.1 Å². The minimum atomic E-state index is -4.27. The molecule has 0 spiro atoms. The van der Waals surface area contributed by atoms with E-state index in [0.717, 1.165) is 31.2 Å². The summed E-state index contributed by atoms with van der Waals surface area (Å²) in [7, 11) is 0. The topological polar surface area (TPSA) is 59.8 Å². The predicted molar refractivity (Wildman–Crippen MR) is 128 cm³/mol. The molecular weight excluding hydrogens is 465 g/mol. The van der Waals surface area contributed by atoms with Gasteiger partial charge in [-0.25, -0.2) is 0 Å². The van der Waals surface area contributed by atoms with Crippen molar-refractivity contribution in [1.29, 1.82) is 0 Å². The summed E-state index contributed by atoms with van der Waals surface area (Å²) in [4.78, 5) is 17.2. The zero-order valence-electron chi connectivity index (χ0n) is 20.3. The van der Waals surface area contributed by atoms with Crippen molar-refractivity contribution in [3.63, 3.8) is 0 Å². The first kappa shape index (κ1) is 26.5. The van der Waals surface area contributed by atoms with E-state index in [0.29, 0.717) is 42.4 Å². The molecule has 1 aliphatic carbocycles. The predicted octanol–water partition coefficient (Wildman–Crippen LogP) is 6.48. The lowest BCUT2D eigenvalue weighted by molar-refractivity contribution is -0.169. The third kappa shape index (κ3) is 6.12. The Morgan fingerprint density at radius 3 is 2.53 bits per heavy atom. The molecule has 34 heavy (non-hydrogen) atoms. The van der Waals surface area contributed by atoms with E-state index in [1.165, 1.54) is 12.8 Å². The number of carbonyl (C=O) groups excluding carboxylic acids is 1. The number of halogens is 4. The van der Waals surface area contributed by atoms with Gasteiger partial charge in [0, 0.05) is 37.0 Å². The second-order valence-corrected chi connectivity index (χ2v) is 9.87. The molecule has 0 saturated heterocycles. The molecule has 2 aromatic heterocycles. The minimum absolute atomic E-state index is 0.166. The second-order valence-electron chi connectivity index (χ2n) is 9.50. The molecule has 9 heteroatoms. The maximum absolute atomic E-state index is 13.0. The Morgan fingerprint density at radius 2 is 1.94 bits per heavy atom. The van der Waals surface area contributed by atoms with Crippen LogP contribution in [0, 0.1) is 17.8 Å². The van der Waals surface area contributed by atoms with E-state index >= 15 is 0 Å². The maximum atomic E-state index is 13.0. The van der Waals surface area contributed by atoms with Gasteiger partial charge in [0.1, 0.15) is 0 Å². The highest BCUT2D eigenvalue weighted by Crippen LogP contribution is 2.35. The van der Waals surface area contributed by atoms with E-state index in [2.05, 4.69) is 22.3 Å². The van der Waals surface area contributed by atoms with E-state index in [1.54, 1.807) is 16.9 Å². The zero-order chi connectivity index (χ0) is 25.0. The van der Waals surface area contributed by atoms with Crippen LogP contribution in [0.5, 0.6) is 0 Å². The first-order valence-corrected chi connectivity index (χ1v) is 12.5. The first-order valence-electron chi connectivity index (χ1n) is 12.1. The number of aromatic nitrogens is 3. The average Bonchev–Trinajstić information content (AvgIpc) is 3.13. The van der Waals surface area contributed by atoms with Crippen LogP contribution < -0.4 is 5.32 Å². The Balaban J connectivity index is 1.83. The number of carbonyl (C=O) groups is 1. The molecule has 188 valence electrons. The molecule has 1 N–H and O–H groups in total. The normalized spacial score (nSPS) is 19.8. The van der Waals surface area contributed by atoms with Crippen molar-refractivity contribution in [2.24, 2.45) is 17.8 Å². The van der Waals surface area contributed by atoms with Gasteiger partial charge in [-0.15, -0.1) is 0 Å². The lowest BCUT2D eigenvalue weighted by Gasteiger charge is -2.26. The average molecular weight is 499 g/mol. The van der Waals surface area contributed by atoms with E-state index in [4.69, 9.17) is 11.6 Å². The van der Waals surface area contributed by atoms with E-state index in [1.807, 2.05) is 13.8 Å². The van der Waals surface area contributed by atoms with Gasteiger partial charge in [0.05, 0.1) is 16.6 Å². The van der Waals surface area contributed by atoms with Gasteiger partial charge < -0.3 is 5.32 Å². The van der Waals surface area contributed by atoms with Crippen molar-refractivity contribution < 1.29 is 18.0 Å². The van der Waals surface area contributed by atoms with Crippen LogP contribution in [0.25, 0.3) is 11.3 Å². The van der Waals surface area contributed by atoms with Crippen LogP contribution >= 0.6 is 11.6 Å². The van der Waals surface area contributed by atoms with Gasteiger partial charge >= 0.3 is 6.18 Å². The molecule has 2 heterocycles. The van der Waals surface area contributed by atoms with Gasteiger partial charge in [-0.1, -0.05) is 45.2 Å². The third-order valence-corrected chi connectivity index (χ3v) is 7.21. The monoisotopic (exact) mass is 498 g/mol. The van der Waals surface area contributed by atoms with Gasteiger partial charge in [0.2, 0.25) is 0 Å². The van der Waals surface area contributed by atoms with Crippen molar-refractivity contribution in [2.75, 3.05) is 6.54 Å². The summed E-state index contributed by atoms with van der Waals surface area (Å²) in [6, 6.07) is 1.70. The number of amides is 1. The van der Waals surface area contributed by atoms with Crippen LogP contribution in [-0.4, -0.2) is 33.4 Å². The molecule has 5 nitrogen and oxygen atoms in total. The van der Waals surface area contributed by atoms with Gasteiger partial charge in [-0.3, -0.25) is 14.5 Å². The minimum Gasteiger partial charge on any atom is -0.350 e. The highest BCUT2D eigenvalue weighted by molar-refractivity contribution is 6.36. The largest absolute Gasteiger partial charge is 0.391 e. The molecule has 0 aromatic carbocycles. The highest BCUT2D eigenvalue weighted by Gasteiger charge is 2.36. The standard InChI is InChI=1S/C25H34ClF3N4O/c1-5-18-12-19(11-16(4)25(27,28)29)30-14-20(18)23-21(26)22(32-33(23)6-2)24(34)31-13-17-9-7-15(3)8-10-17/h12,14-17H,5-11,13H2,1-4H3,(H,31,34)/t15?,16-,17?/m1/s1. The summed E-state index contributed by atoms with van der Waals surface area (Å²) in [5.41, 5.74) is 2.62. The first-order chi connectivity index (χ1) is 16.0. The Kier molecular flexibility index (Phi) is 8.66. The molecule has 1 amide bonds. The van der Waals surface area contributed by atoms with Crippen LogP contribution in [0.15, 0.2) is 12.3 Å². The lowest BCUT2D eigenvalue weighted by Crippen LogP contribution is -2.31. The van der Waals surface area contributed by atoms with Crippen LogP contribution in [0.3, 0.4) is 0 Å². The van der Waals surface area contributed by atoms with Crippen molar-refractivity contribution in [3.05, 3.63) is 34.2 Å². The Bertz CT molecular complexity index is 997. The third-order valence-electron chi connectivity index (χ3n) is 6.85. The number of nitrogens with one attached hydrogen (secondary N) is 1. The Morgan fingerprint density at radius 1 is 1.26 bits per heavy atom. The molecule has 3 rings (SSSR count). The van der Waals surface area contributed by atoms with Gasteiger partial charge in [0.15, 0.2) is 5.69 Å². The number of hydrogen-bond donors (Lipinski definition) is 1. The van der Waals surface area contributed by atoms with Crippen molar-refractivity contribution in [2.45, 2.75) is 78.9 Å². The molecule has 1 saturated carbocycles. The van der Waals surface area contributed by atoms with E-state index < -0.39 is 12.1 Å². The number of pyridine rings is 1. The maximum Gasteiger partial charge on any atom is 0.391 e. The van der Waals surface area contributed by atoms with Crippen molar-refractivity contribution >= 4 is 17.5 Å². The quantitative estimate of drug-likeness (QED) is 0.453. The number of rotatable bonds is 8. The van der Waals surface area contributed by atoms with E-state index in [-0.39, 0.29) is 23.0 Å². The summed E-state index contributed by atoms with van der Waals surface area (Å²) in [5.74, 6) is -0.579. The number of hydrogen-bond acceptors (Lipinski definition) is 3. The molecule has 0 unspecified atom stereocenters. The van der Waals surface area contributed by atoms with Crippen LogP contribution in [0.2, 0.25) is 5.02 Å². The zero-order valence-corrected chi connectivity index (χ0v) is 21.1. The lowest BCUT2D eigenvalue weighted by atomic mass is 9.83. The molecule has 1 aliphatic rings. The van der Waals surface area contributed by atoms with Gasteiger partial charge in [0.25, 0.3) is 5.91 Å². The van der Waals surface area contributed by atoms with Crippen LogP contribution in [0.4, 0.5) is 13.2 Å². The van der Waals surface area contributed by atoms with Gasteiger partial charge in [-0.2, -0.15) is 18.3 Å². The number of aryl methyl sites for hydroxylation is 2. The fourth-order valence-corrected chi connectivity index (χ4v) is 4.84. The molecule has 0 bridgehead atoms. The number of nitrogens with zero attached hydrogens (tertiary/aromatic N) is 3. The number of alkyl halides is 3. The second kappa shape index (κ2) is 11.1. The smallest absolute Gasteiger partial charge is 0.350 e. The summed E-state index contributed by atoms with van der Waals surface area (Å²) in [6.07, 6.45) is 2.25.